The van der Waals surface area contributed by atoms with Gasteiger partial charge in [-0.1, -0.05) is 27.7 Å². The Kier molecular flexibility index (Phi) is 5.77. The zero-order valence-corrected chi connectivity index (χ0v) is 11.7. The molecule has 1 atom stereocenters. The molecule has 0 amide bonds. The highest BCUT2D eigenvalue weighted by Crippen LogP contribution is 2.21. The normalized spacial score (nSPS) is 23.6. The minimum atomic E-state index is 0.481. The number of hydrogen-bond donors (Lipinski definition) is 1. The third-order valence-electron chi connectivity index (χ3n) is 3.46. The lowest BCUT2D eigenvalue weighted by Crippen LogP contribution is -2.40. The Morgan fingerprint density at radius 3 is 2.69 bits per heavy atom. The average molecular weight is 226 g/mol. The van der Waals surface area contributed by atoms with Crippen LogP contribution in [-0.4, -0.2) is 37.6 Å². The van der Waals surface area contributed by atoms with Crippen molar-refractivity contribution in [2.24, 2.45) is 11.3 Å². The Balaban J connectivity index is 2.22. The summed E-state index contributed by atoms with van der Waals surface area (Å²) in [4.78, 5) is 2.66. The molecule has 2 nitrogen and oxygen atoms in total. The maximum absolute atomic E-state index is 3.48. The van der Waals surface area contributed by atoms with E-state index in [1.54, 1.807) is 0 Å². The quantitative estimate of drug-likeness (QED) is 0.775. The molecule has 0 aliphatic carbocycles. The molecule has 1 aliphatic rings. The number of likely N-dealkylation sites (tertiary alicyclic amines) is 1. The number of hydrogen-bond acceptors (Lipinski definition) is 2. The molecule has 1 unspecified atom stereocenters. The zero-order chi connectivity index (χ0) is 12.0. The second-order valence-electron chi connectivity index (χ2n) is 6.43. The summed E-state index contributed by atoms with van der Waals surface area (Å²) >= 11 is 0. The van der Waals surface area contributed by atoms with Crippen LogP contribution in [-0.2, 0) is 0 Å². The molecule has 1 heterocycles. The smallest absolute Gasteiger partial charge is 0.00218 e. The van der Waals surface area contributed by atoms with E-state index in [-0.39, 0.29) is 0 Å². The van der Waals surface area contributed by atoms with Crippen LogP contribution >= 0.6 is 0 Å². The molecule has 0 aromatic heterocycles. The van der Waals surface area contributed by atoms with Crippen molar-refractivity contribution in [1.82, 2.24) is 10.2 Å². The van der Waals surface area contributed by atoms with E-state index in [1.807, 2.05) is 0 Å². The lowest BCUT2D eigenvalue weighted by Gasteiger charge is -2.34. The minimum absolute atomic E-state index is 0.481. The highest BCUT2D eigenvalue weighted by Gasteiger charge is 2.20. The predicted octanol–water partition coefficient (Wildman–Crippen LogP) is 2.74. The van der Waals surface area contributed by atoms with Gasteiger partial charge in [0.15, 0.2) is 0 Å². The van der Waals surface area contributed by atoms with Crippen molar-refractivity contribution in [1.29, 1.82) is 0 Å². The third kappa shape index (κ3) is 5.86. The molecule has 1 aliphatic heterocycles. The molecule has 0 aromatic rings. The summed E-state index contributed by atoms with van der Waals surface area (Å²) in [5.41, 5.74) is 0.481. The van der Waals surface area contributed by atoms with E-state index in [4.69, 9.17) is 0 Å². The lowest BCUT2D eigenvalue weighted by atomic mass is 9.91. The van der Waals surface area contributed by atoms with Gasteiger partial charge in [0, 0.05) is 6.54 Å². The Morgan fingerprint density at radius 1 is 1.31 bits per heavy atom. The van der Waals surface area contributed by atoms with E-state index in [9.17, 15) is 0 Å². The number of rotatable bonds is 5. The van der Waals surface area contributed by atoms with Crippen LogP contribution in [0.5, 0.6) is 0 Å². The van der Waals surface area contributed by atoms with Crippen LogP contribution in [0.15, 0.2) is 0 Å². The molecule has 0 spiro atoms. The molecule has 16 heavy (non-hydrogen) atoms. The van der Waals surface area contributed by atoms with E-state index < -0.39 is 0 Å². The van der Waals surface area contributed by atoms with Crippen LogP contribution in [0.3, 0.4) is 0 Å². The van der Waals surface area contributed by atoms with Gasteiger partial charge in [-0.2, -0.15) is 0 Å². The highest BCUT2D eigenvalue weighted by atomic mass is 15.1. The monoisotopic (exact) mass is 226 g/mol. The van der Waals surface area contributed by atoms with Crippen molar-refractivity contribution in [3.05, 3.63) is 0 Å². The van der Waals surface area contributed by atoms with Crippen LogP contribution in [0.25, 0.3) is 0 Å². The van der Waals surface area contributed by atoms with Crippen LogP contribution < -0.4 is 5.32 Å². The number of nitrogens with one attached hydrogen (secondary N) is 1. The molecular weight excluding hydrogens is 196 g/mol. The Bertz CT molecular complexity index is 184. The van der Waals surface area contributed by atoms with Gasteiger partial charge in [0.25, 0.3) is 0 Å². The second kappa shape index (κ2) is 6.61. The van der Waals surface area contributed by atoms with Gasteiger partial charge in [0.1, 0.15) is 0 Å². The molecule has 96 valence electrons. The average Bonchev–Trinajstić information content (AvgIpc) is 2.23. The molecule has 1 saturated heterocycles. The maximum atomic E-state index is 3.48. The first-order valence-electron chi connectivity index (χ1n) is 6.94. The first-order chi connectivity index (χ1) is 7.51. The standard InChI is InChI=1S/C14H30N2/c1-5-15-11-13-7-6-9-16(12-13)10-8-14(2,3)4/h13,15H,5-12H2,1-4H3. The first-order valence-corrected chi connectivity index (χ1v) is 6.94. The van der Waals surface area contributed by atoms with Gasteiger partial charge < -0.3 is 10.2 Å². The van der Waals surface area contributed by atoms with Crippen LogP contribution in [0.2, 0.25) is 0 Å². The van der Waals surface area contributed by atoms with Gasteiger partial charge in [-0.25, -0.2) is 0 Å². The number of piperidine rings is 1. The van der Waals surface area contributed by atoms with Crippen LogP contribution in [0.1, 0.15) is 47.0 Å². The van der Waals surface area contributed by atoms with Crippen LogP contribution in [0, 0.1) is 11.3 Å². The fourth-order valence-electron chi connectivity index (χ4n) is 2.36. The van der Waals surface area contributed by atoms with Gasteiger partial charge >= 0.3 is 0 Å². The van der Waals surface area contributed by atoms with E-state index in [0.29, 0.717) is 5.41 Å². The topological polar surface area (TPSA) is 15.3 Å². The third-order valence-corrected chi connectivity index (χ3v) is 3.46. The molecular formula is C14H30N2. The SMILES string of the molecule is CCNCC1CCCN(CCC(C)(C)C)C1. The van der Waals surface area contributed by atoms with Gasteiger partial charge in [-0.15, -0.1) is 0 Å². The summed E-state index contributed by atoms with van der Waals surface area (Å²) in [5.74, 6) is 0.883. The molecule has 1 fully saturated rings. The summed E-state index contributed by atoms with van der Waals surface area (Å²) in [7, 11) is 0. The summed E-state index contributed by atoms with van der Waals surface area (Å²) in [6.45, 7) is 15.4. The van der Waals surface area contributed by atoms with Crippen molar-refractivity contribution in [2.75, 3.05) is 32.7 Å². The largest absolute Gasteiger partial charge is 0.317 e. The summed E-state index contributed by atoms with van der Waals surface area (Å²) in [5, 5.41) is 3.48. The summed E-state index contributed by atoms with van der Waals surface area (Å²) in [6.07, 6.45) is 4.13. The van der Waals surface area contributed by atoms with Crippen molar-refractivity contribution < 1.29 is 0 Å². The molecule has 2 heteroatoms. The van der Waals surface area contributed by atoms with Gasteiger partial charge in [-0.3, -0.25) is 0 Å². The van der Waals surface area contributed by atoms with E-state index in [0.717, 1.165) is 12.5 Å². The Labute approximate surface area is 102 Å². The summed E-state index contributed by atoms with van der Waals surface area (Å²) < 4.78 is 0. The van der Waals surface area contributed by atoms with Gasteiger partial charge in [0.05, 0.1) is 0 Å². The molecule has 0 saturated carbocycles. The van der Waals surface area contributed by atoms with Gasteiger partial charge in [0.2, 0.25) is 0 Å². The van der Waals surface area contributed by atoms with E-state index >= 15 is 0 Å². The first kappa shape index (κ1) is 14.0. The molecule has 1 rings (SSSR count). The predicted molar refractivity (Wildman–Crippen MR) is 71.8 cm³/mol. The van der Waals surface area contributed by atoms with Crippen molar-refractivity contribution in [3.8, 4) is 0 Å². The van der Waals surface area contributed by atoms with Crippen LogP contribution in [0.4, 0.5) is 0 Å². The minimum Gasteiger partial charge on any atom is -0.317 e. The zero-order valence-electron chi connectivity index (χ0n) is 11.7. The van der Waals surface area contributed by atoms with E-state index in [2.05, 4.69) is 37.9 Å². The second-order valence-corrected chi connectivity index (χ2v) is 6.43. The highest BCUT2D eigenvalue weighted by molar-refractivity contribution is 4.76. The summed E-state index contributed by atoms with van der Waals surface area (Å²) in [6, 6.07) is 0. The molecule has 0 bridgehead atoms. The van der Waals surface area contributed by atoms with Crippen molar-refractivity contribution in [3.63, 3.8) is 0 Å². The van der Waals surface area contributed by atoms with Crippen molar-refractivity contribution >= 4 is 0 Å². The van der Waals surface area contributed by atoms with Gasteiger partial charge in [-0.05, 0) is 56.8 Å². The maximum Gasteiger partial charge on any atom is 0.00218 e. The number of nitrogens with zero attached hydrogens (tertiary/aromatic N) is 1. The lowest BCUT2D eigenvalue weighted by molar-refractivity contribution is 0.153. The van der Waals surface area contributed by atoms with Crippen molar-refractivity contribution in [2.45, 2.75) is 47.0 Å². The fraction of sp³-hybridized carbons (Fsp3) is 1.00. The Morgan fingerprint density at radius 2 is 2.06 bits per heavy atom. The fourth-order valence-corrected chi connectivity index (χ4v) is 2.36. The molecule has 0 radical (unpaired) electrons. The Hall–Kier alpha value is -0.0800. The molecule has 1 N–H and O–H groups in total. The van der Waals surface area contributed by atoms with E-state index in [1.165, 1.54) is 45.4 Å². The molecule has 0 aromatic carbocycles.